The minimum Gasteiger partial charge on any atom is -0.487 e. The van der Waals surface area contributed by atoms with Crippen LogP contribution in [-0.2, 0) is 38.2 Å². The third-order valence-corrected chi connectivity index (χ3v) is 6.15. The Morgan fingerprint density at radius 1 is 1.32 bits per heavy atom. The van der Waals surface area contributed by atoms with E-state index in [9.17, 15) is 19.1 Å². The molecule has 31 heavy (non-hydrogen) atoms. The Balaban J connectivity index is 1.56. The van der Waals surface area contributed by atoms with E-state index in [0.717, 1.165) is 16.7 Å². The molecule has 2 aromatic carbocycles. The topological polar surface area (TPSA) is 112 Å². The molecular formula is C22H22FN3O4S. The van der Waals surface area contributed by atoms with E-state index in [1.807, 2.05) is 18.2 Å². The van der Waals surface area contributed by atoms with Crippen LogP contribution in [-0.4, -0.2) is 35.0 Å². The van der Waals surface area contributed by atoms with Crippen LogP contribution in [0, 0.1) is 10.6 Å². The van der Waals surface area contributed by atoms with E-state index in [0.29, 0.717) is 41.3 Å². The largest absolute Gasteiger partial charge is 0.487 e. The van der Waals surface area contributed by atoms with E-state index in [4.69, 9.17) is 9.52 Å². The van der Waals surface area contributed by atoms with Crippen LogP contribution in [0.5, 0.6) is 0 Å². The Kier molecular flexibility index (Phi) is 5.88. The van der Waals surface area contributed by atoms with Gasteiger partial charge in [-0.15, -0.1) is 10.7 Å². The molecule has 2 aliphatic heterocycles. The lowest BCUT2D eigenvalue weighted by Crippen LogP contribution is -2.37. The van der Waals surface area contributed by atoms with E-state index in [1.54, 1.807) is 6.26 Å². The van der Waals surface area contributed by atoms with Crippen molar-refractivity contribution in [2.45, 2.75) is 25.6 Å². The summed E-state index contributed by atoms with van der Waals surface area (Å²) < 4.78 is 27.2. The molecule has 0 saturated carbocycles. The van der Waals surface area contributed by atoms with Crippen molar-refractivity contribution in [3.63, 3.8) is 0 Å². The van der Waals surface area contributed by atoms with Gasteiger partial charge in [-0.1, -0.05) is 18.2 Å². The van der Waals surface area contributed by atoms with E-state index < -0.39 is 28.5 Å². The lowest BCUT2D eigenvalue weighted by Gasteiger charge is -2.14. The number of amides is 1. The Morgan fingerprint density at radius 2 is 2.13 bits per heavy atom. The number of carboxylic acid groups (broad SMARTS) is 1. The van der Waals surface area contributed by atoms with Crippen molar-refractivity contribution in [1.82, 2.24) is 5.32 Å². The summed E-state index contributed by atoms with van der Waals surface area (Å²) in [7, 11) is -0.557. The molecular weight excluding hydrogens is 421 g/mol. The van der Waals surface area contributed by atoms with Crippen LogP contribution in [0.3, 0.4) is 0 Å². The molecule has 4 rings (SSSR count). The highest BCUT2D eigenvalue weighted by molar-refractivity contribution is 7.85. The van der Waals surface area contributed by atoms with Gasteiger partial charge >= 0.3 is 5.97 Å². The lowest BCUT2D eigenvalue weighted by atomic mass is 9.99. The van der Waals surface area contributed by atoms with Crippen LogP contribution in [0.1, 0.15) is 28.7 Å². The second-order valence-electron chi connectivity index (χ2n) is 7.53. The van der Waals surface area contributed by atoms with Gasteiger partial charge in [0.2, 0.25) is 0 Å². The first-order valence-electron chi connectivity index (χ1n) is 9.74. The molecule has 7 nitrogen and oxygen atoms in total. The maximum atomic E-state index is 13.7. The van der Waals surface area contributed by atoms with Crippen LogP contribution < -0.4 is 10.6 Å². The Morgan fingerprint density at radius 3 is 2.87 bits per heavy atom. The smallest absolute Gasteiger partial charge is 0.320 e. The number of ether oxygens (including phenoxy) is 1. The summed E-state index contributed by atoms with van der Waals surface area (Å²) >= 11 is 0. The average Bonchev–Trinajstić information content (AvgIpc) is 3.26. The quantitative estimate of drug-likeness (QED) is 0.492. The number of hydrogen-bond acceptors (Lipinski definition) is 5. The molecule has 0 saturated heterocycles. The monoisotopic (exact) mass is 443 g/mol. The lowest BCUT2D eigenvalue weighted by molar-refractivity contribution is -0.139. The number of aliphatic carboxylic acids is 1. The minimum atomic E-state index is -0.930. The van der Waals surface area contributed by atoms with Crippen LogP contribution in [0.15, 0.2) is 36.4 Å². The van der Waals surface area contributed by atoms with Crippen molar-refractivity contribution in [3.8, 4) is 0 Å². The van der Waals surface area contributed by atoms with Gasteiger partial charge < -0.3 is 20.5 Å². The van der Waals surface area contributed by atoms with Gasteiger partial charge in [-0.3, -0.25) is 14.4 Å². The molecule has 2 aliphatic rings. The number of hydrogen-bond donors (Lipinski definition) is 4. The SMILES string of the molecule is CS(=N)CCC(NCc1ccc2c(c1)CO/C2=C1/C(=O)Nc2ccc(F)cc21)C(=O)O. The van der Waals surface area contributed by atoms with Crippen LogP contribution >= 0.6 is 0 Å². The van der Waals surface area contributed by atoms with Crippen molar-refractivity contribution in [2.75, 3.05) is 17.3 Å². The van der Waals surface area contributed by atoms with Crippen LogP contribution in [0.2, 0.25) is 0 Å². The summed E-state index contributed by atoms with van der Waals surface area (Å²) in [6, 6.07) is 9.05. The van der Waals surface area contributed by atoms with Crippen molar-refractivity contribution in [1.29, 1.82) is 4.78 Å². The van der Waals surface area contributed by atoms with Gasteiger partial charge in [-0.25, -0.2) is 4.39 Å². The van der Waals surface area contributed by atoms with E-state index in [-0.39, 0.29) is 12.5 Å². The molecule has 1 amide bonds. The Hall–Kier alpha value is -3.04. The van der Waals surface area contributed by atoms with E-state index in [2.05, 4.69) is 10.6 Å². The predicted molar refractivity (Wildman–Crippen MR) is 117 cm³/mol. The number of rotatable bonds is 7. The van der Waals surface area contributed by atoms with Gasteiger partial charge in [0.1, 0.15) is 24.2 Å². The first kappa shape index (κ1) is 21.2. The summed E-state index contributed by atoms with van der Waals surface area (Å²) in [6.07, 6.45) is 2.16. The predicted octanol–water partition coefficient (Wildman–Crippen LogP) is 3.12. The maximum absolute atomic E-state index is 13.7. The van der Waals surface area contributed by atoms with Crippen molar-refractivity contribution in [3.05, 3.63) is 64.5 Å². The average molecular weight is 444 g/mol. The number of anilines is 1. The highest BCUT2D eigenvalue weighted by Crippen LogP contribution is 2.41. The molecule has 2 heterocycles. The van der Waals surface area contributed by atoms with Gasteiger partial charge in [-0.05, 0) is 36.4 Å². The number of carboxylic acids is 1. The number of nitrogens with one attached hydrogen (secondary N) is 3. The van der Waals surface area contributed by atoms with Gasteiger partial charge in [-0.2, -0.15) is 0 Å². The number of halogens is 1. The molecule has 2 aromatic rings. The summed E-state index contributed by atoms with van der Waals surface area (Å²) in [6.45, 7) is 0.639. The molecule has 4 N–H and O–H groups in total. The standard InChI is InChI=1S/C22H22FN3O4S/c1-31(24)7-6-18(22(28)29)25-10-12-2-4-15-13(8-12)11-30-20(15)19-16-9-14(23)3-5-17(16)26-21(19)27/h2-5,8-9,18,24-25H,6-7,10-11H2,1H3,(H,26,27)(H,28,29)/b20-19+. The van der Waals surface area contributed by atoms with Gasteiger partial charge in [0.15, 0.2) is 0 Å². The highest BCUT2D eigenvalue weighted by Gasteiger charge is 2.32. The van der Waals surface area contributed by atoms with Crippen molar-refractivity contribution in [2.24, 2.45) is 0 Å². The highest BCUT2D eigenvalue weighted by atomic mass is 32.2. The van der Waals surface area contributed by atoms with Crippen molar-refractivity contribution < 1.29 is 23.8 Å². The summed E-state index contributed by atoms with van der Waals surface area (Å²) in [5.41, 5.74) is 3.89. The first-order chi connectivity index (χ1) is 14.8. The molecule has 0 spiro atoms. The van der Waals surface area contributed by atoms with Gasteiger partial charge in [0.05, 0.1) is 5.57 Å². The third-order valence-electron chi connectivity index (χ3n) is 5.30. The first-order valence-corrected chi connectivity index (χ1v) is 11.5. The third kappa shape index (κ3) is 4.38. The molecule has 9 heteroatoms. The molecule has 162 valence electrons. The van der Waals surface area contributed by atoms with Crippen LogP contribution in [0.4, 0.5) is 10.1 Å². The molecule has 2 atom stereocenters. The molecule has 0 bridgehead atoms. The normalized spacial score (nSPS) is 18.7. The fraction of sp³-hybridized carbons (Fsp3) is 0.273. The number of carbonyl (C=O) groups is 2. The van der Waals surface area contributed by atoms with Crippen LogP contribution in [0.25, 0.3) is 11.3 Å². The zero-order valence-corrected chi connectivity index (χ0v) is 17.6. The summed E-state index contributed by atoms with van der Waals surface area (Å²) in [5.74, 6) is -0.738. The Labute approximate surface area is 181 Å². The number of benzene rings is 2. The van der Waals surface area contributed by atoms with Gasteiger partial charge in [0.25, 0.3) is 5.91 Å². The molecule has 0 aliphatic carbocycles. The molecule has 2 unspecified atom stereocenters. The summed E-state index contributed by atoms with van der Waals surface area (Å²) in [4.78, 5) is 24.0. The van der Waals surface area contributed by atoms with Gasteiger partial charge in [0, 0.05) is 34.7 Å². The zero-order valence-electron chi connectivity index (χ0n) is 16.8. The fourth-order valence-electron chi connectivity index (χ4n) is 3.75. The second-order valence-corrected chi connectivity index (χ2v) is 9.21. The fourth-order valence-corrected chi connectivity index (χ4v) is 4.34. The van der Waals surface area contributed by atoms with E-state index in [1.165, 1.54) is 18.2 Å². The molecule has 0 radical (unpaired) electrons. The Bertz CT molecular complexity index is 1130. The minimum absolute atomic E-state index is 0.278. The maximum Gasteiger partial charge on any atom is 0.320 e. The molecule has 0 fully saturated rings. The number of carbonyl (C=O) groups excluding carboxylic acids is 1. The molecule has 0 aromatic heterocycles. The second kappa shape index (κ2) is 8.60. The number of fused-ring (bicyclic) bond motifs is 2. The summed E-state index contributed by atoms with van der Waals surface area (Å²) in [5, 5.41) is 15.2. The zero-order chi connectivity index (χ0) is 22.1. The van der Waals surface area contributed by atoms with Crippen molar-refractivity contribution >= 4 is 39.6 Å². The van der Waals surface area contributed by atoms with E-state index >= 15 is 0 Å².